The molecule has 0 aliphatic carbocycles. The lowest BCUT2D eigenvalue weighted by molar-refractivity contribution is -0.384. The third-order valence-electron chi connectivity index (χ3n) is 5.87. The number of carbonyl (C=O) groups is 2. The number of hydrogen-bond donors (Lipinski definition) is 0. The van der Waals surface area contributed by atoms with Crippen molar-refractivity contribution < 1.29 is 24.7 Å². The lowest BCUT2D eigenvalue weighted by atomic mass is 10.1. The molecule has 3 aromatic carbocycles. The molecule has 5 rings (SSSR count). The molecular weight excluding hydrogens is 462 g/mol. The normalized spacial score (nSPS) is 10.8. The Morgan fingerprint density at radius 3 is 2.31 bits per heavy atom. The summed E-state index contributed by atoms with van der Waals surface area (Å²) < 4.78 is 9.05. The molecule has 9 heteroatoms. The van der Waals surface area contributed by atoms with Gasteiger partial charge in [-0.25, -0.2) is 4.79 Å². The quantitative estimate of drug-likeness (QED) is 0.146. The minimum absolute atomic E-state index is 0. The van der Waals surface area contributed by atoms with Crippen molar-refractivity contribution in [1.82, 2.24) is 8.97 Å². The molecule has 2 heterocycles. The van der Waals surface area contributed by atoms with Gasteiger partial charge in [0, 0.05) is 24.2 Å². The van der Waals surface area contributed by atoms with Crippen LogP contribution in [0.25, 0.3) is 16.7 Å². The fourth-order valence-electron chi connectivity index (χ4n) is 4.37. The van der Waals surface area contributed by atoms with E-state index in [2.05, 4.69) is 0 Å². The molecule has 0 amide bonds. The largest absolute Gasteiger partial charge is 0.462 e. The Bertz CT molecular complexity index is 1600. The Labute approximate surface area is 205 Å². The zero-order chi connectivity index (χ0) is 24.5. The van der Waals surface area contributed by atoms with Crippen molar-refractivity contribution in [2.45, 2.75) is 13.5 Å². The number of ether oxygens (including phenoxy) is 1. The van der Waals surface area contributed by atoms with Crippen molar-refractivity contribution in [2.75, 3.05) is 6.61 Å². The van der Waals surface area contributed by atoms with E-state index in [1.807, 2.05) is 59.2 Å². The summed E-state index contributed by atoms with van der Waals surface area (Å²) in [5.74, 6) is -0.970. The van der Waals surface area contributed by atoms with Crippen LogP contribution in [0.5, 0.6) is 0 Å². The number of fused-ring (bicyclic) bond motifs is 3. The van der Waals surface area contributed by atoms with Gasteiger partial charge in [0.15, 0.2) is 0 Å². The summed E-state index contributed by atoms with van der Waals surface area (Å²) in [4.78, 5) is 37.4. The Balaban J connectivity index is 0.00000304. The standard InChI is InChI=1S/C27H21N3O5.H2O/c1-2-35-27(32)21-16-24(25(31)19-11-8-12-20(15-19)30(33)34)29-23-14-7-6-13-22(23)28(26(21)29)17-18-9-4-3-5-10-18;/h3-16H,2,17H2,1H3;1H2. The zero-order valence-electron chi connectivity index (χ0n) is 19.4. The molecule has 0 unspecified atom stereocenters. The number of nitro benzene ring substituents is 1. The first-order valence-corrected chi connectivity index (χ1v) is 11.1. The lowest BCUT2D eigenvalue weighted by Gasteiger charge is -2.08. The fraction of sp³-hybridized carbons (Fsp3) is 0.111. The van der Waals surface area contributed by atoms with Crippen LogP contribution in [0.4, 0.5) is 5.69 Å². The number of carbonyl (C=O) groups excluding carboxylic acids is 2. The Hall–Kier alpha value is -4.76. The molecule has 5 aromatic rings. The van der Waals surface area contributed by atoms with E-state index in [9.17, 15) is 19.7 Å². The van der Waals surface area contributed by atoms with Crippen LogP contribution >= 0.6 is 0 Å². The number of nitro groups is 1. The molecule has 0 aliphatic heterocycles. The number of aromatic nitrogens is 2. The Morgan fingerprint density at radius 1 is 0.917 bits per heavy atom. The average molecular weight is 485 g/mol. The second-order valence-corrected chi connectivity index (χ2v) is 8.02. The monoisotopic (exact) mass is 485 g/mol. The minimum atomic E-state index is -0.541. The lowest BCUT2D eigenvalue weighted by Crippen LogP contribution is -2.07. The molecule has 0 saturated heterocycles. The molecule has 0 bridgehead atoms. The molecule has 2 aromatic heterocycles. The van der Waals surface area contributed by atoms with Gasteiger partial charge >= 0.3 is 5.97 Å². The van der Waals surface area contributed by atoms with E-state index >= 15 is 0 Å². The van der Waals surface area contributed by atoms with Gasteiger partial charge in [-0.1, -0.05) is 54.6 Å². The zero-order valence-corrected chi connectivity index (χ0v) is 19.4. The van der Waals surface area contributed by atoms with Gasteiger partial charge in [-0.2, -0.15) is 0 Å². The van der Waals surface area contributed by atoms with Gasteiger partial charge < -0.3 is 14.8 Å². The van der Waals surface area contributed by atoms with E-state index in [0.29, 0.717) is 12.2 Å². The minimum Gasteiger partial charge on any atom is -0.462 e. The van der Waals surface area contributed by atoms with Crippen molar-refractivity contribution >= 4 is 34.1 Å². The number of non-ortho nitro benzene ring substituents is 1. The van der Waals surface area contributed by atoms with Crippen molar-refractivity contribution in [1.29, 1.82) is 0 Å². The maximum absolute atomic E-state index is 13.6. The molecule has 36 heavy (non-hydrogen) atoms. The summed E-state index contributed by atoms with van der Waals surface area (Å²) in [7, 11) is 0. The molecule has 9 nitrogen and oxygen atoms in total. The van der Waals surface area contributed by atoms with Gasteiger partial charge in [0.25, 0.3) is 5.69 Å². The van der Waals surface area contributed by atoms with Crippen LogP contribution < -0.4 is 0 Å². The maximum Gasteiger partial charge on any atom is 0.341 e. The van der Waals surface area contributed by atoms with Crippen molar-refractivity contribution in [3.63, 3.8) is 0 Å². The summed E-state index contributed by atoms with van der Waals surface area (Å²) in [6.07, 6.45) is 0. The van der Waals surface area contributed by atoms with Crippen LogP contribution in [0, 0.1) is 10.1 Å². The van der Waals surface area contributed by atoms with Crippen LogP contribution in [0.1, 0.15) is 38.9 Å². The SMILES string of the molecule is CCOC(=O)c1cc(C(=O)c2cccc([N+](=O)[O-])c2)n2c3ccccc3n(Cc3ccccc3)c12.O. The summed E-state index contributed by atoms with van der Waals surface area (Å²) in [6.45, 7) is 2.38. The highest BCUT2D eigenvalue weighted by molar-refractivity contribution is 6.12. The molecular formula is C27H23N3O6. The van der Waals surface area contributed by atoms with Crippen molar-refractivity contribution in [2.24, 2.45) is 0 Å². The average Bonchev–Trinajstić information content (AvgIpc) is 3.41. The first-order chi connectivity index (χ1) is 17.0. The van der Waals surface area contributed by atoms with Gasteiger partial charge in [0.05, 0.1) is 28.3 Å². The van der Waals surface area contributed by atoms with E-state index in [1.165, 1.54) is 30.3 Å². The fourth-order valence-corrected chi connectivity index (χ4v) is 4.37. The summed E-state index contributed by atoms with van der Waals surface area (Å²) in [5.41, 5.74) is 3.60. The van der Waals surface area contributed by atoms with E-state index in [1.54, 1.807) is 11.3 Å². The van der Waals surface area contributed by atoms with Crippen LogP contribution in [0.3, 0.4) is 0 Å². The number of hydrogen-bond acceptors (Lipinski definition) is 5. The van der Waals surface area contributed by atoms with Gasteiger partial charge in [-0.15, -0.1) is 0 Å². The number of para-hydroxylation sites is 2. The van der Waals surface area contributed by atoms with Gasteiger partial charge in [0.2, 0.25) is 5.78 Å². The number of imidazole rings is 1. The molecule has 0 spiro atoms. The molecule has 182 valence electrons. The number of benzene rings is 3. The van der Waals surface area contributed by atoms with Crippen LogP contribution in [0.2, 0.25) is 0 Å². The van der Waals surface area contributed by atoms with E-state index in [4.69, 9.17) is 4.74 Å². The third-order valence-corrected chi connectivity index (χ3v) is 5.87. The van der Waals surface area contributed by atoms with Crippen LogP contribution in [0.15, 0.2) is 84.9 Å². The second kappa shape index (κ2) is 9.85. The first-order valence-electron chi connectivity index (χ1n) is 11.1. The second-order valence-electron chi connectivity index (χ2n) is 8.02. The number of nitrogens with zero attached hydrogens (tertiary/aromatic N) is 3. The molecule has 0 saturated carbocycles. The first kappa shape index (κ1) is 24.4. The van der Waals surface area contributed by atoms with E-state index in [-0.39, 0.29) is 34.6 Å². The predicted octanol–water partition coefficient (Wildman–Crippen LogP) is 4.43. The highest BCUT2D eigenvalue weighted by atomic mass is 16.6. The Morgan fingerprint density at radius 2 is 1.61 bits per heavy atom. The predicted molar refractivity (Wildman–Crippen MR) is 135 cm³/mol. The topological polar surface area (TPSA) is 127 Å². The molecule has 0 aliphatic rings. The summed E-state index contributed by atoms with van der Waals surface area (Å²) in [5, 5.41) is 11.3. The molecule has 0 atom stereocenters. The van der Waals surface area contributed by atoms with Gasteiger partial charge in [-0.3, -0.25) is 19.3 Å². The van der Waals surface area contributed by atoms with E-state index < -0.39 is 16.7 Å². The highest BCUT2D eigenvalue weighted by Gasteiger charge is 2.27. The maximum atomic E-state index is 13.6. The molecule has 2 N–H and O–H groups in total. The summed E-state index contributed by atoms with van der Waals surface area (Å²) in [6, 6.07) is 24.5. The van der Waals surface area contributed by atoms with Gasteiger partial charge in [0.1, 0.15) is 11.2 Å². The smallest absolute Gasteiger partial charge is 0.341 e. The van der Waals surface area contributed by atoms with Gasteiger partial charge in [-0.05, 0) is 30.7 Å². The number of ketones is 1. The third kappa shape index (κ3) is 4.12. The molecule has 0 fully saturated rings. The molecule has 0 radical (unpaired) electrons. The number of esters is 1. The van der Waals surface area contributed by atoms with E-state index in [0.717, 1.165) is 16.6 Å². The highest BCUT2D eigenvalue weighted by Crippen LogP contribution is 2.30. The van der Waals surface area contributed by atoms with Crippen LogP contribution in [-0.4, -0.2) is 37.7 Å². The van der Waals surface area contributed by atoms with Crippen molar-refractivity contribution in [3.05, 3.63) is 117 Å². The summed E-state index contributed by atoms with van der Waals surface area (Å²) >= 11 is 0. The van der Waals surface area contributed by atoms with Crippen LogP contribution in [-0.2, 0) is 11.3 Å². The van der Waals surface area contributed by atoms with Crippen molar-refractivity contribution in [3.8, 4) is 0 Å². The Kier molecular flexibility index (Phi) is 6.67. The number of rotatable bonds is 7.